The van der Waals surface area contributed by atoms with E-state index < -0.39 is 0 Å². The first kappa shape index (κ1) is 21.8. The number of fused-ring (bicyclic) bond motifs is 2. The Balaban J connectivity index is 1.24. The Hall–Kier alpha value is -5.44. The van der Waals surface area contributed by atoms with Gasteiger partial charge in [0.1, 0.15) is 23.6 Å². The molecule has 0 amide bonds. The Morgan fingerprint density at radius 2 is 1.63 bits per heavy atom. The van der Waals surface area contributed by atoms with Gasteiger partial charge in [-0.2, -0.15) is 5.10 Å². The molecule has 0 spiro atoms. The molecule has 1 aromatic carbocycles. The Labute approximate surface area is 216 Å². The van der Waals surface area contributed by atoms with Crippen molar-refractivity contribution in [3.8, 4) is 39.8 Å². The number of rotatable bonds is 6. The van der Waals surface area contributed by atoms with Crippen molar-refractivity contribution in [3.05, 3.63) is 103 Å². The van der Waals surface area contributed by atoms with Gasteiger partial charge in [-0.3, -0.25) is 25.0 Å². The molecule has 9 heteroatoms. The summed E-state index contributed by atoms with van der Waals surface area (Å²) in [5.41, 5.74) is 7.58. The van der Waals surface area contributed by atoms with Crippen molar-refractivity contribution >= 4 is 21.9 Å². The first-order valence-corrected chi connectivity index (χ1v) is 12.0. The van der Waals surface area contributed by atoms with Crippen LogP contribution in [0.3, 0.4) is 0 Å². The molecular weight excluding hydrogens is 476 g/mol. The van der Waals surface area contributed by atoms with Crippen molar-refractivity contribution in [2.24, 2.45) is 0 Å². The molecule has 9 nitrogen and oxygen atoms in total. The number of ether oxygens (including phenoxy) is 1. The zero-order valence-corrected chi connectivity index (χ0v) is 20.0. The highest BCUT2D eigenvalue weighted by Crippen LogP contribution is 2.32. The van der Waals surface area contributed by atoms with E-state index in [1.54, 1.807) is 37.2 Å². The van der Waals surface area contributed by atoms with Crippen LogP contribution in [0.1, 0.15) is 5.56 Å². The minimum Gasteiger partial charge on any atom is -0.487 e. The highest BCUT2D eigenvalue weighted by Gasteiger charge is 2.17. The lowest BCUT2D eigenvalue weighted by Crippen LogP contribution is -1.96. The molecule has 0 unspecified atom stereocenters. The highest BCUT2D eigenvalue weighted by molar-refractivity contribution is 5.96. The van der Waals surface area contributed by atoms with Crippen LogP contribution < -0.4 is 4.74 Å². The molecule has 7 rings (SSSR count). The van der Waals surface area contributed by atoms with Crippen LogP contribution in [0.25, 0.3) is 56.0 Å². The van der Waals surface area contributed by atoms with E-state index in [4.69, 9.17) is 9.72 Å². The Kier molecular flexibility index (Phi) is 5.29. The summed E-state index contributed by atoms with van der Waals surface area (Å²) in [6.07, 6.45) is 10.5. The first-order valence-electron chi connectivity index (χ1n) is 12.0. The molecule has 0 aliphatic heterocycles. The van der Waals surface area contributed by atoms with Gasteiger partial charge in [0.25, 0.3) is 0 Å². The Morgan fingerprint density at radius 1 is 0.737 bits per heavy atom. The first-order chi connectivity index (χ1) is 18.8. The van der Waals surface area contributed by atoms with Crippen molar-refractivity contribution in [2.45, 2.75) is 6.61 Å². The molecule has 0 atom stereocenters. The third-order valence-corrected chi connectivity index (χ3v) is 6.28. The van der Waals surface area contributed by atoms with Gasteiger partial charge in [-0.05, 0) is 35.9 Å². The van der Waals surface area contributed by atoms with Crippen LogP contribution >= 0.6 is 0 Å². The molecule has 0 radical (unpaired) electrons. The number of benzene rings is 1. The maximum Gasteiger partial charge on any atom is 0.159 e. The number of aromatic nitrogens is 8. The fraction of sp³-hybridized carbons (Fsp3) is 0.0345. The Bertz CT molecular complexity index is 1880. The van der Waals surface area contributed by atoms with Crippen LogP contribution in [0.2, 0.25) is 0 Å². The van der Waals surface area contributed by atoms with Crippen LogP contribution in [-0.2, 0) is 6.61 Å². The van der Waals surface area contributed by atoms with Crippen LogP contribution in [0.15, 0.2) is 97.8 Å². The summed E-state index contributed by atoms with van der Waals surface area (Å²) in [5.74, 6) is 1.32. The SMILES string of the molecule is c1ccc(COc2cncc(-c3cc4c(-c5nc6c(-c7ccncc7)nccc6[nH]5)n[nH]c4cn3)c2)cc1. The number of H-pyrrole nitrogens is 2. The summed E-state index contributed by atoms with van der Waals surface area (Å²) in [7, 11) is 0. The molecule has 6 heterocycles. The van der Waals surface area contributed by atoms with E-state index in [0.29, 0.717) is 23.9 Å². The molecular formula is C29H20N8O. The normalized spacial score (nSPS) is 11.3. The second kappa shape index (κ2) is 9.21. The lowest BCUT2D eigenvalue weighted by molar-refractivity contribution is 0.305. The third kappa shape index (κ3) is 4.01. The van der Waals surface area contributed by atoms with Crippen LogP contribution in [0.4, 0.5) is 0 Å². The van der Waals surface area contributed by atoms with Crippen molar-refractivity contribution in [1.29, 1.82) is 0 Å². The fourth-order valence-electron chi connectivity index (χ4n) is 4.40. The van der Waals surface area contributed by atoms with Crippen molar-refractivity contribution in [3.63, 3.8) is 0 Å². The predicted molar refractivity (Wildman–Crippen MR) is 144 cm³/mol. The molecule has 2 N–H and O–H groups in total. The minimum atomic E-state index is 0.465. The van der Waals surface area contributed by atoms with E-state index in [9.17, 15) is 0 Å². The number of hydrogen-bond acceptors (Lipinski definition) is 7. The van der Waals surface area contributed by atoms with Gasteiger partial charge >= 0.3 is 0 Å². The molecule has 0 aliphatic rings. The average molecular weight is 497 g/mol. The molecule has 0 bridgehead atoms. The molecule has 7 aromatic rings. The second-order valence-electron chi connectivity index (χ2n) is 8.75. The number of nitrogens with one attached hydrogen (secondary N) is 2. The number of hydrogen-bond donors (Lipinski definition) is 2. The van der Waals surface area contributed by atoms with E-state index in [1.165, 1.54) is 0 Å². The largest absolute Gasteiger partial charge is 0.487 e. The van der Waals surface area contributed by atoms with E-state index in [1.807, 2.05) is 60.7 Å². The monoisotopic (exact) mass is 496 g/mol. The van der Waals surface area contributed by atoms with Gasteiger partial charge < -0.3 is 9.72 Å². The molecule has 0 fully saturated rings. The van der Waals surface area contributed by atoms with E-state index in [-0.39, 0.29) is 0 Å². The number of pyridine rings is 4. The van der Waals surface area contributed by atoms with Crippen LogP contribution in [-0.4, -0.2) is 40.1 Å². The predicted octanol–water partition coefficient (Wildman–Crippen LogP) is 5.60. The van der Waals surface area contributed by atoms with E-state index in [0.717, 1.165) is 50.0 Å². The summed E-state index contributed by atoms with van der Waals surface area (Å²) in [5, 5.41) is 8.51. The zero-order chi connectivity index (χ0) is 25.3. The zero-order valence-electron chi connectivity index (χ0n) is 20.0. The molecule has 6 aromatic heterocycles. The summed E-state index contributed by atoms with van der Waals surface area (Å²) >= 11 is 0. The van der Waals surface area contributed by atoms with Crippen LogP contribution in [0.5, 0.6) is 5.75 Å². The molecule has 0 saturated carbocycles. The summed E-state index contributed by atoms with van der Waals surface area (Å²) < 4.78 is 5.97. The standard InChI is InChI=1S/C29H20N8O/c1-2-4-18(5-3-1)17-38-21-12-20(14-31-15-21)24-13-22-25(16-33-24)36-37-27(22)29-34-23-8-11-32-26(28(23)35-29)19-6-9-30-10-7-19/h1-16H,17H2,(H,34,35)(H,36,37). The van der Waals surface area contributed by atoms with Crippen molar-refractivity contribution < 1.29 is 4.74 Å². The van der Waals surface area contributed by atoms with Gasteiger partial charge in [-0.15, -0.1) is 0 Å². The lowest BCUT2D eigenvalue weighted by atomic mass is 10.1. The molecule has 38 heavy (non-hydrogen) atoms. The van der Waals surface area contributed by atoms with Crippen molar-refractivity contribution in [1.82, 2.24) is 40.1 Å². The topological polar surface area (TPSA) is 118 Å². The van der Waals surface area contributed by atoms with Crippen LogP contribution in [0, 0.1) is 0 Å². The smallest absolute Gasteiger partial charge is 0.159 e. The number of aromatic amines is 2. The molecule has 0 saturated heterocycles. The molecule has 182 valence electrons. The summed E-state index contributed by atoms with van der Waals surface area (Å²) in [6.45, 7) is 0.465. The summed E-state index contributed by atoms with van der Waals surface area (Å²) in [6, 6.07) is 19.7. The number of nitrogens with zero attached hydrogens (tertiary/aromatic N) is 6. The fourth-order valence-corrected chi connectivity index (χ4v) is 4.40. The average Bonchev–Trinajstić information content (AvgIpc) is 3.61. The van der Waals surface area contributed by atoms with Gasteiger partial charge in [0.05, 0.1) is 34.8 Å². The van der Waals surface area contributed by atoms with E-state index >= 15 is 0 Å². The quantitative estimate of drug-likeness (QED) is 0.308. The third-order valence-electron chi connectivity index (χ3n) is 6.28. The maximum atomic E-state index is 5.97. The molecule has 0 aliphatic carbocycles. The van der Waals surface area contributed by atoms with E-state index in [2.05, 4.69) is 35.1 Å². The van der Waals surface area contributed by atoms with Gasteiger partial charge in [-0.1, -0.05) is 30.3 Å². The van der Waals surface area contributed by atoms with Gasteiger partial charge in [-0.25, -0.2) is 4.98 Å². The number of imidazole rings is 1. The lowest BCUT2D eigenvalue weighted by Gasteiger charge is -2.08. The second-order valence-corrected chi connectivity index (χ2v) is 8.75. The highest BCUT2D eigenvalue weighted by atomic mass is 16.5. The summed E-state index contributed by atoms with van der Waals surface area (Å²) in [4.78, 5) is 25.9. The van der Waals surface area contributed by atoms with Gasteiger partial charge in [0, 0.05) is 41.3 Å². The maximum absolute atomic E-state index is 5.97. The van der Waals surface area contributed by atoms with Gasteiger partial charge in [0.15, 0.2) is 5.82 Å². The van der Waals surface area contributed by atoms with Gasteiger partial charge in [0.2, 0.25) is 0 Å². The Morgan fingerprint density at radius 3 is 2.53 bits per heavy atom. The van der Waals surface area contributed by atoms with Crippen molar-refractivity contribution in [2.75, 3.05) is 0 Å². The minimum absolute atomic E-state index is 0.465.